The van der Waals surface area contributed by atoms with Crippen LogP contribution in [-0.4, -0.2) is 32.0 Å². The lowest BCUT2D eigenvalue weighted by molar-refractivity contribution is 0.371. The van der Waals surface area contributed by atoms with Gasteiger partial charge in [0.05, 0.1) is 12.9 Å². The van der Waals surface area contributed by atoms with Crippen molar-refractivity contribution in [2.75, 3.05) is 7.11 Å². The van der Waals surface area contributed by atoms with Crippen molar-refractivity contribution in [1.29, 1.82) is 0 Å². The summed E-state index contributed by atoms with van der Waals surface area (Å²) in [5.74, 6) is 3.48. The molecule has 8 heteroatoms. The maximum absolute atomic E-state index is 5.34. The number of thioether (sulfide) groups is 1. The third kappa shape index (κ3) is 4.54. The van der Waals surface area contributed by atoms with Gasteiger partial charge in [-0.1, -0.05) is 48.5 Å². The molecule has 0 atom stereocenters. The van der Waals surface area contributed by atoms with E-state index in [1.54, 1.807) is 7.11 Å². The van der Waals surface area contributed by atoms with Gasteiger partial charge in [0.15, 0.2) is 16.8 Å². The van der Waals surface area contributed by atoms with Crippen molar-refractivity contribution in [3.05, 3.63) is 66.3 Å². The van der Waals surface area contributed by atoms with E-state index in [9.17, 15) is 0 Å². The van der Waals surface area contributed by atoms with E-state index in [1.807, 2.05) is 59.2 Å². The lowest BCUT2D eigenvalue weighted by Gasteiger charge is -2.10. The zero-order valence-corrected chi connectivity index (χ0v) is 17.8. The SMILES string of the molecule is CCCCc1nc(CSc2nnc(-c3ccc(OC)cc3)n2-c2ccccc2)no1. The highest BCUT2D eigenvalue weighted by Crippen LogP contribution is 2.30. The van der Waals surface area contributed by atoms with Crippen LogP contribution in [0.15, 0.2) is 64.3 Å². The molecule has 0 spiro atoms. The summed E-state index contributed by atoms with van der Waals surface area (Å²) in [6.07, 6.45) is 2.96. The van der Waals surface area contributed by atoms with Crippen molar-refractivity contribution in [2.24, 2.45) is 0 Å². The second-order valence-electron chi connectivity index (χ2n) is 6.70. The third-order valence-corrected chi connectivity index (χ3v) is 5.51. The molecule has 30 heavy (non-hydrogen) atoms. The van der Waals surface area contributed by atoms with E-state index in [2.05, 4.69) is 27.3 Å². The molecule has 2 heterocycles. The van der Waals surface area contributed by atoms with Gasteiger partial charge in [-0.15, -0.1) is 10.2 Å². The normalized spacial score (nSPS) is 11.0. The summed E-state index contributed by atoms with van der Waals surface area (Å²) in [7, 11) is 1.65. The molecule has 0 aliphatic carbocycles. The second-order valence-corrected chi connectivity index (χ2v) is 7.64. The fourth-order valence-corrected chi connectivity index (χ4v) is 3.80. The number of ether oxygens (including phenoxy) is 1. The van der Waals surface area contributed by atoms with Crippen LogP contribution in [0.1, 0.15) is 31.5 Å². The Morgan fingerprint density at radius 2 is 1.83 bits per heavy atom. The van der Waals surface area contributed by atoms with Crippen LogP contribution < -0.4 is 4.74 Å². The van der Waals surface area contributed by atoms with Gasteiger partial charge in [0, 0.05) is 17.7 Å². The molecule has 4 rings (SSSR count). The summed E-state index contributed by atoms with van der Waals surface area (Å²) in [6, 6.07) is 17.9. The van der Waals surface area contributed by atoms with Gasteiger partial charge in [0.2, 0.25) is 5.89 Å². The highest BCUT2D eigenvalue weighted by molar-refractivity contribution is 7.98. The van der Waals surface area contributed by atoms with Gasteiger partial charge in [-0.2, -0.15) is 4.98 Å². The Balaban J connectivity index is 1.61. The molecule has 7 nitrogen and oxygen atoms in total. The van der Waals surface area contributed by atoms with Crippen LogP contribution >= 0.6 is 11.8 Å². The maximum Gasteiger partial charge on any atom is 0.226 e. The van der Waals surface area contributed by atoms with Crippen LogP contribution in [0.25, 0.3) is 17.1 Å². The molecule has 154 valence electrons. The second kappa shape index (κ2) is 9.58. The van der Waals surface area contributed by atoms with Crippen LogP contribution in [0.5, 0.6) is 5.75 Å². The van der Waals surface area contributed by atoms with Crippen molar-refractivity contribution < 1.29 is 9.26 Å². The number of para-hydroxylation sites is 1. The maximum atomic E-state index is 5.34. The van der Waals surface area contributed by atoms with E-state index < -0.39 is 0 Å². The van der Waals surface area contributed by atoms with Gasteiger partial charge < -0.3 is 9.26 Å². The summed E-state index contributed by atoms with van der Waals surface area (Å²) in [5, 5.41) is 13.8. The summed E-state index contributed by atoms with van der Waals surface area (Å²) < 4.78 is 12.7. The zero-order valence-electron chi connectivity index (χ0n) is 17.0. The molecule has 0 aliphatic heterocycles. The average molecular weight is 422 g/mol. The highest BCUT2D eigenvalue weighted by atomic mass is 32.2. The quantitative estimate of drug-likeness (QED) is 0.353. The Labute approximate surface area is 179 Å². The first-order valence-corrected chi connectivity index (χ1v) is 10.9. The van der Waals surface area contributed by atoms with Crippen molar-refractivity contribution in [3.8, 4) is 22.8 Å². The smallest absolute Gasteiger partial charge is 0.226 e. The monoisotopic (exact) mass is 421 g/mol. The molecule has 0 saturated heterocycles. The standard InChI is InChI=1S/C22H23N5O2S/c1-3-4-10-20-23-19(26-29-20)15-30-22-25-24-21(16-11-13-18(28-2)14-12-16)27(22)17-8-6-5-7-9-17/h5-9,11-14H,3-4,10,15H2,1-2H3. The van der Waals surface area contributed by atoms with Gasteiger partial charge in [0.25, 0.3) is 0 Å². The Morgan fingerprint density at radius 3 is 2.57 bits per heavy atom. The Kier molecular flexibility index (Phi) is 6.44. The number of unbranched alkanes of at least 4 members (excludes halogenated alkanes) is 1. The number of methoxy groups -OCH3 is 1. The fraction of sp³-hybridized carbons (Fsp3) is 0.273. The summed E-state index contributed by atoms with van der Waals surface area (Å²) in [5.41, 5.74) is 1.95. The minimum Gasteiger partial charge on any atom is -0.497 e. The molecule has 0 unspecified atom stereocenters. The number of rotatable bonds is 9. The zero-order chi connectivity index (χ0) is 20.8. The van der Waals surface area contributed by atoms with Gasteiger partial charge in [-0.25, -0.2) is 0 Å². The summed E-state index contributed by atoms with van der Waals surface area (Å²) >= 11 is 1.53. The summed E-state index contributed by atoms with van der Waals surface area (Å²) in [6.45, 7) is 2.14. The minimum absolute atomic E-state index is 0.559. The molecule has 0 N–H and O–H groups in total. The van der Waals surface area contributed by atoms with E-state index in [1.165, 1.54) is 11.8 Å². The Bertz CT molecular complexity index is 1080. The molecule has 0 bridgehead atoms. The van der Waals surface area contributed by atoms with Gasteiger partial charge >= 0.3 is 0 Å². The van der Waals surface area contributed by atoms with Crippen LogP contribution in [-0.2, 0) is 12.2 Å². The molecule has 0 fully saturated rings. The van der Waals surface area contributed by atoms with Crippen LogP contribution in [0.3, 0.4) is 0 Å². The Hall–Kier alpha value is -3.13. The number of aromatic nitrogens is 5. The number of aryl methyl sites for hydroxylation is 1. The van der Waals surface area contributed by atoms with E-state index in [0.717, 1.165) is 47.2 Å². The molecule has 2 aromatic carbocycles. The predicted molar refractivity (Wildman–Crippen MR) is 116 cm³/mol. The lowest BCUT2D eigenvalue weighted by Crippen LogP contribution is -2.00. The van der Waals surface area contributed by atoms with Crippen molar-refractivity contribution in [2.45, 2.75) is 37.1 Å². The molecular formula is C22H23N5O2S. The van der Waals surface area contributed by atoms with Gasteiger partial charge in [0.1, 0.15) is 5.75 Å². The average Bonchev–Trinajstić information content (AvgIpc) is 3.44. The van der Waals surface area contributed by atoms with Crippen molar-refractivity contribution >= 4 is 11.8 Å². The topological polar surface area (TPSA) is 78.9 Å². The van der Waals surface area contributed by atoms with Crippen molar-refractivity contribution in [1.82, 2.24) is 24.9 Å². The van der Waals surface area contributed by atoms with E-state index in [4.69, 9.17) is 9.26 Å². The van der Waals surface area contributed by atoms with E-state index in [0.29, 0.717) is 17.5 Å². The largest absolute Gasteiger partial charge is 0.497 e. The molecule has 0 aliphatic rings. The number of hydrogen-bond donors (Lipinski definition) is 0. The lowest BCUT2D eigenvalue weighted by atomic mass is 10.2. The Morgan fingerprint density at radius 1 is 1.03 bits per heavy atom. The highest BCUT2D eigenvalue weighted by Gasteiger charge is 2.17. The number of hydrogen-bond acceptors (Lipinski definition) is 7. The van der Waals surface area contributed by atoms with Gasteiger partial charge in [-0.05, 0) is 42.8 Å². The molecule has 0 amide bonds. The molecular weight excluding hydrogens is 398 g/mol. The van der Waals surface area contributed by atoms with Crippen LogP contribution in [0, 0.1) is 0 Å². The van der Waals surface area contributed by atoms with Crippen LogP contribution in [0.4, 0.5) is 0 Å². The van der Waals surface area contributed by atoms with Crippen molar-refractivity contribution in [3.63, 3.8) is 0 Å². The minimum atomic E-state index is 0.559. The summed E-state index contributed by atoms with van der Waals surface area (Å²) in [4.78, 5) is 4.48. The van der Waals surface area contributed by atoms with E-state index in [-0.39, 0.29) is 0 Å². The first kappa shape index (κ1) is 20.2. The third-order valence-electron chi connectivity index (χ3n) is 4.58. The molecule has 0 saturated carbocycles. The first-order chi connectivity index (χ1) is 14.8. The predicted octanol–water partition coefficient (Wildman–Crippen LogP) is 4.96. The molecule has 2 aromatic heterocycles. The molecule has 4 aromatic rings. The first-order valence-electron chi connectivity index (χ1n) is 9.88. The molecule has 0 radical (unpaired) electrons. The number of benzene rings is 2. The van der Waals surface area contributed by atoms with Crippen LogP contribution in [0.2, 0.25) is 0 Å². The van der Waals surface area contributed by atoms with Gasteiger partial charge in [-0.3, -0.25) is 4.57 Å². The fourth-order valence-electron chi connectivity index (χ4n) is 3.01. The van der Waals surface area contributed by atoms with E-state index >= 15 is 0 Å². The number of nitrogens with zero attached hydrogens (tertiary/aromatic N) is 5.